The summed E-state index contributed by atoms with van der Waals surface area (Å²) in [5, 5.41) is 3.67. The van der Waals surface area contributed by atoms with Crippen molar-refractivity contribution < 1.29 is 9.53 Å². The number of hydrogen-bond donors (Lipinski definition) is 1. The maximum Gasteiger partial charge on any atom is 0.278 e. The van der Waals surface area contributed by atoms with Crippen LogP contribution in [0.2, 0.25) is 0 Å². The molecule has 0 radical (unpaired) electrons. The smallest absolute Gasteiger partial charge is 0.278 e. The molecule has 6 heterocycles. The predicted octanol–water partition coefficient (Wildman–Crippen LogP) is 2.54. The molecule has 0 spiro atoms. The molecule has 3 aliphatic rings. The third kappa shape index (κ3) is 5.03. The van der Waals surface area contributed by atoms with E-state index in [0.29, 0.717) is 47.5 Å². The third-order valence-corrected chi connectivity index (χ3v) is 8.03. The maximum absolute atomic E-state index is 13.5. The number of rotatable bonds is 4. The minimum Gasteiger partial charge on any atom is -0.480 e. The number of carbonyl (C=O) groups excluding carboxylic acids is 1. The molecule has 0 saturated carbocycles. The summed E-state index contributed by atoms with van der Waals surface area (Å²) in [5.74, 6) is 1.71. The molecule has 2 bridgehead atoms. The number of hydrogen-bond acceptors (Lipinski definition) is 9. The van der Waals surface area contributed by atoms with Gasteiger partial charge < -0.3 is 15.0 Å². The van der Waals surface area contributed by atoms with Gasteiger partial charge in [-0.05, 0) is 49.7 Å². The van der Waals surface area contributed by atoms with Crippen LogP contribution in [-0.4, -0.2) is 86.4 Å². The average molecular weight is 568 g/mol. The Labute approximate surface area is 242 Å². The minimum atomic E-state index is -0.213. The lowest BCUT2D eigenvalue weighted by Crippen LogP contribution is -2.43. The SMILES string of the molecule is CN1CCN(Cc2ccc(Nc3ncc4c(=O)n5n(c4n3)-c3ccc4c(n3)N(CCC/C=C\C5)C(=O)CO4)cc2)CC1. The molecule has 0 aliphatic carbocycles. The molecule has 1 aromatic carbocycles. The molecule has 1 amide bonds. The van der Waals surface area contributed by atoms with Gasteiger partial charge in [-0.1, -0.05) is 24.3 Å². The van der Waals surface area contributed by atoms with Gasteiger partial charge in [0.15, 0.2) is 29.6 Å². The van der Waals surface area contributed by atoms with Crippen molar-refractivity contribution in [2.75, 3.05) is 56.6 Å². The number of aromatic nitrogens is 5. The molecule has 3 aromatic heterocycles. The van der Waals surface area contributed by atoms with E-state index in [1.807, 2.05) is 24.3 Å². The Morgan fingerprint density at radius 3 is 2.62 bits per heavy atom. The van der Waals surface area contributed by atoms with Crippen molar-refractivity contribution in [2.45, 2.75) is 25.9 Å². The van der Waals surface area contributed by atoms with Crippen LogP contribution in [0.1, 0.15) is 18.4 Å². The monoisotopic (exact) mass is 567 g/mol. The largest absolute Gasteiger partial charge is 0.480 e. The van der Waals surface area contributed by atoms with Crippen molar-refractivity contribution in [2.24, 2.45) is 0 Å². The number of nitrogens with zero attached hydrogens (tertiary/aromatic N) is 8. The van der Waals surface area contributed by atoms with Crippen molar-refractivity contribution in [1.29, 1.82) is 0 Å². The highest BCUT2D eigenvalue weighted by molar-refractivity contribution is 5.96. The van der Waals surface area contributed by atoms with Crippen LogP contribution in [0.4, 0.5) is 17.5 Å². The molecule has 4 aromatic rings. The molecule has 12 heteroatoms. The van der Waals surface area contributed by atoms with E-state index >= 15 is 0 Å². The fraction of sp³-hybridized carbons (Fsp3) is 0.367. The zero-order chi connectivity index (χ0) is 28.6. The second-order valence-electron chi connectivity index (χ2n) is 11.0. The van der Waals surface area contributed by atoms with Gasteiger partial charge in [-0.2, -0.15) is 4.98 Å². The summed E-state index contributed by atoms with van der Waals surface area (Å²) in [6, 6.07) is 11.9. The van der Waals surface area contributed by atoms with E-state index in [4.69, 9.17) is 14.7 Å². The topological polar surface area (TPSA) is 114 Å². The highest BCUT2D eigenvalue weighted by Gasteiger charge is 2.28. The first-order valence-corrected chi connectivity index (χ1v) is 14.4. The minimum absolute atomic E-state index is 0.0138. The number of nitrogens with one attached hydrogen (secondary N) is 1. The molecular formula is C30H33N9O3. The fourth-order valence-electron chi connectivity index (χ4n) is 5.65. The van der Waals surface area contributed by atoms with Gasteiger partial charge in [-0.15, -0.1) is 0 Å². The van der Waals surface area contributed by atoms with Crippen LogP contribution >= 0.6 is 0 Å². The lowest BCUT2D eigenvalue weighted by molar-refractivity contribution is -0.121. The lowest BCUT2D eigenvalue weighted by Gasteiger charge is -2.32. The van der Waals surface area contributed by atoms with Crippen molar-refractivity contribution in [3.8, 4) is 11.6 Å². The molecule has 1 N–H and O–H groups in total. The van der Waals surface area contributed by atoms with Gasteiger partial charge in [0.2, 0.25) is 5.95 Å². The van der Waals surface area contributed by atoms with Gasteiger partial charge >= 0.3 is 0 Å². The van der Waals surface area contributed by atoms with Gasteiger partial charge in [-0.25, -0.2) is 19.3 Å². The molecule has 7 rings (SSSR count). The van der Waals surface area contributed by atoms with Crippen LogP contribution in [0, 0.1) is 0 Å². The van der Waals surface area contributed by atoms with E-state index in [9.17, 15) is 9.59 Å². The summed E-state index contributed by atoms with van der Waals surface area (Å²) >= 11 is 0. The van der Waals surface area contributed by atoms with Crippen LogP contribution in [0.15, 0.2) is 59.5 Å². The van der Waals surface area contributed by atoms with E-state index in [2.05, 4.69) is 39.3 Å². The Kier molecular flexibility index (Phi) is 6.92. The first-order chi connectivity index (χ1) is 20.5. The van der Waals surface area contributed by atoms with E-state index in [1.165, 1.54) is 5.56 Å². The zero-order valence-electron chi connectivity index (χ0n) is 23.6. The summed E-state index contributed by atoms with van der Waals surface area (Å²) in [4.78, 5) is 46.7. The molecule has 12 nitrogen and oxygen atoms in total. The molecule has 216 valence electrons. The van der Waals surface area contributed by atoms with Gasteiger partial charge in [-0.3, -0.25) is 19.4 Å². The van der Waals surface area contributed by atoms with Crippen LogP contribution in [-0.2, 0) is 17.9 Å². The van der Waals surface area contributed by atoms with Gasteiger partial charge in [0, 0.05) is 51.2 Å². The quantitative estimate of drug-likeness (QED) is 0.372. The molecule has 1 saturated heterocycles. The summed E-state index contributed by atoms with van der Waals surface area (Å²) in [6.45, 7) is 6.13. The Balaban J connectivity index is 1.22. The summed E-state index contributed by atoms with van der Waals surface area (Å²) < 4.78 is 8.95. The van der Waals surface area contributed by atoms with Gasteiger partial charge in [0.05, 0.1) is 6.54 Å². The number of fused-ring (bicyclic) bond motifs is 5. The highest BCUT2D eigenvalue weighted by atomic mass is 16.5. The molecule has 1 fully saturated rings. The number of carbonyl (C=O) groups is 1. The standard InChI is InChI=1S/C30H33N9O3/c1-35-14-16-36(17-15-35)19-21-6-8-22(9-7-21)32-30-31-18-23-27(34-30)39-25-11-10-24-28(33-25)37(26(40)20-42-24)12-4-2-3-5-13-38(39)29(23)41/h3,5-11,18H,2,4,12-17,19-20H2,1H3,(H,31,32,34)/b5-3-. The normalized spacial score (nSPS) is 18.6. The number of pyridine rings is 1. The predicted molar refractivity (Wildman–Crippen MR) is 160 cm³/mol. The molecule has 0 atom stereocenters. The van der Waals surface area contributed by atoms with Crippen LogP contribution in [0.3, 0.4) is 0 Å². The molecular weight excluding hydrogens is 534 g/mol. The van der Waals surface area contributed by atoms with Gasteiger partial charge in [0.1, 0.15) is 5.39 Å². The van der Waals surface area contributed by atoms with E-state index in [-0.39, 0.29) is 18.1 Å². The number of amides is 1. The molecule has 0 unspecified atom stereocenters. The van der Waals surface area contributed by atoms with Crippen LogP contribution in [0.5, 0.6) is 5.75 Å². The number of benzene rings is 1. The number of piperazine rings is 1. The molecule has 3 aliphatic heterocycles. The zero-order valence-corrected chi connectivity index (χ0v) is 23.6. The fourth-order valence-corrected chi connectivity index (χ4v) is 5.65. The average Bonchev–Trinajstić information content (AvgIpc) is 3.27. The molecule has 42 heavy (non-hydrogen) atoms. The van der Waals surface area contributed by atoms with Crippen molar-refractivity contribution in [1.82, 2.24) is 34.1 Å². The Morgan fingerprint density at radius 2 is 1.79 bits per heavy atom. The van der Waals surface area contributed by atoms with E-state index < -0.39 is 0 Å². The summed E-state index contributed by atoms with van der Waals surface area (Å²) in [6.07, 6.45) is 7.11. The number of anilines is 3. The Hall–Kier alpha value is -4.55. The van der Waals surface area contributed by atoms with Gasteiger partial charge in [0.25, 0.3) is 11.5 Å². The highest BCUT2D eigenvalue weighted by Crippen LogP contribution is 2.32. The maximum atomic E-state index is 13.5. The van der Waals surface area contributed by atoms with Crippen LogP contribution in [0.25, 0.3) is 16.9 Å². The van der Waals surface area contributed by atoms with E-state index in [0.717, 1.165) is 51.3 Å². The first kappa shape index (κ1) is 26.4. The summed E-state index contributed by atoms with van der Waals surface area (Å²) in [7, 11) is 2.16. The number of allylic oxidation sites excluding steroid dienone is 2. The number of likely N-dealkylation sites (N-methyl/N-ethyl adjacent to an activating group) is 1. The van der Waals surface area contributed by atoms with Crippen molar-refractivity contribution in [3.05, 3.63) is 70.7 Å². The first-order valence-electron chi connectivity index (χ1n) is 14.4. The van der Waals surface area contributed by atoms with E-state index in [1.54, 1.807) is 32.6 Å². The second-order valence-corrected chi connectivity index (χ2v) is 11.0. The lowest BCUT2D eigenvalue weighted by atomic mass is 10.2. The van der Waals surface area contributed by atoms with Crippen molar-refractivity contribution in [3.63, 3.8) is 0 Å². The second kappa shape index (κ2) is 11.0. The number of ether oxygens (including phenoxy) is 1. The summed E-state index contributed by atoms with van der Waals surface area (Å²) in [5.41, 5.74) is 2.32. The Bertz CT molecular complexity index is 1720. The third-order valence-electron chi connectivity index (χ3n) is 8.03. The van der Waals surface area contributed by atoms with Crippen molar-refractivity contribution >= 4 is 34.4 Å². The Morgan fingerprint density at radius 1 is 0.952 bits per heavy atom. The van der Waals surface area contributed by atoms with Crippen LogP contribution < -0.4 is 20.5 Å².